The molecule has 0 radical (unpaired) electrons. The molecular formula is C27H22N2O. The first-order valence-electron chi connectivity index (χ1n) is 10.0. The smallest absolute Gasteiger partial charge is 0.193 e. The van der Waals surface area contributed by atoms with Gasteiger partial charge in [-0.1, -0.05) is 85.5 Å². The normalized spacial score (nSPS) is 16.5. The predicted molar refractivity (Wildman–Crippen MR) is 122 cm³/mol. The molecule has 1 aliphatic heterocycles. The Bertz CT molecular complexity index is 1220. The molecule has 3 aromatic carbocycles. The van der Waals surface area contributed by atoms with Crippen LogP contribution in [0.1, 0.15) is 34.0 Å². The predicted octanol–water partition coefficient (Wildman–Crippen LogP) is 5.60. The Morgan fingerprint density at radius 2 is 1.40 bits per heavy atom. The van der Waals surface area contributed by atoms with Crippen LogP contribution < -0.4 is 10.9 Å². The number of nitrogens with zero attached hydrogens (tertiary/aromatic N) is 1. The first-order chi connectivity index (χ1) is 14.7. The van der Waals surface area contributed by atoms with Crippen molar-refractivity contribution in [3.8, 4) is 0 Å². The van der Waals surface area contributed by atoms with Gasteiger partial charge in [-0.15, -0.1) is 0 Å². The lowest BCUT2D eigenvalue weighted by Gasteiger charge is -2.48. The SMILES string of the molecule is C=CC1=C(/C=C\C)C2(c3ccccc3C1=O)c1ccccc1N(N)c1ccccc12. The molecule has 1 spiro atoms. The zero-order valence-corrected chi connectivity index (χ0v) is 16.8. The van der Waals surface area contributed by atoms with E-state index in [0.29, 0.717) is 11.1 Å². The topological polar surface area (TPSA) is 46.3 Å². The van der Waals surface area contributed by atoms with Crippen molar-refractivity contribution in [2.45, 2.75) is 12.3 Å². The highest BCUT2D eigenvalue weighted by atomic mass is 16.1. The second-order valence-electron chi connectivity index (χ2n) is 7.56. The van der Waals surface area contributed by atoms with Crippen LogP contribution in [0.4, 0.5) is 11.4 Å². The standard InChI is InChI=1S/C27H22N2O/c1-3-11-20-18(4-2)26(30)19-12-5-6-13-21(19)27(20)22-14-7-9-16-24(22)29(28)25-17-10-8-15-23(25)27/h3-17H,2,28H2,1H3/b11-3-. The van der Waals surface area contributed by atoms with E-state index in [1.54, 1.807) is 11.1 Å². The number of allylic oxidation sites excluding steroid dienone is 5. The number of Topliss-reactive ketones (excluding diaryl/α,β-unsaturated/α-hetero) is 1. The molecule has 30 heavy (non-hydrogen) atoms. The van der Waals surface area contributed by atoms with Gasteiger partial charge in [-0.05, 0) is 41.3 Å². The maximum Gasteiger partial charge on any atom is 0.193 e. The van der Waals surface area contributed by atoms with E-state index in [1.807, 2.05) is 73.7 Å². The molecule has 3 heteroatoms. The van der Waals surface area contributed by atoms with Crippen molar-refractivity contribution >= 4 is 17.2 Å². The van der Waals surface area contributed by atoms with Gasteiger partial charge in [-0.2, -0.15) is 0 Å². The van der Waals surface area contributed by atoms with E-state index in [2.05, 4.69) is 24.8 Å². The number of para-hydroxylation sites is 2. The summed E-state index contributed by atoms with van der Waals surface area (Å²) < 4.78 is 0. The Morgan fingerprint density at radius 3 is 1.97 bits per heavy atom. The van der Waals surface area contributed by atoms with Crippen LogP contribution in [0.3, 0.4) is 0 Å². The average Bonchev–Trinajstić information content (AvgIpc) is 2.80. The van der Waals surface area contributed by atoms with Crippen LogP contribution in [-0.4, -0.2) is 5.78 Å². The summed E-state index contributed by atoms with van der Waals surface area (Å²) in [5.41, 5.74) is 6.52. The molecule has 0 atom stereocenters. The second kappa shape index (κ2) is 6.68. The first kappa shape index (κ1) is 18.3. The summed E-state index contributed by atoms with van der Waals surface area (Å²) in [7, 11) is 0. The minimum Gasteiger partial charge on any atom is -0.289 e. The summed E-state index contributed by atoms with van der Waals surface area (Å²) in [6.07, 6.45) is 5.72. The van der Waals surface area contributed by atoms with Crippen LogP contribution in [0.25, 0.3) is 0 Å². The van der Waals surface area contributed by atoms with Gasteiger partial charge in [-0.25, -0.2) is 5.84 Å². The molecule has 5 rings (SSSR count). The van der Waals surface area contributed by atoms with Crippen molar-refractivity contribution in [2.24, 2.45) is 5.84 Å². The van der Waals surface area contributed by atoms with Crippen LogP contribution >= 0.6 is 0 Å². The largest absolute Gasteiger partial charge is 0.289 e. The Kier molecular flexibility index (Phi) is 4.09. The average molecular weight is 390 g/mol. The van der Waals surface area contributed by atoms with E-state index >= 15 is 0 Å². The van der Waals surface area contributed by atoms with Crippen LogP contribution in [0.15, 0.2) is 109 Å². The molecule has 0 saturated carbocycles. The van der Waals surface area contributed by atoms with Crippen LogP contribution in [0.2, 0.25) is 0 Å². The number of nitrogens with two attached hydrogens (primary N) is 1. The molecule has 0 fully saturated rings. The summed E-state index contributed by atoms with van der Waals surface area (Å²) in [4.78, 5) is 13.4. The molecule has 3 aromatic rings. The van der Waals surface area contributed by atoms with Gasteiger partial charge in [-0.3, -0.25) is 9.80 Å². The molecule has 146 valence electrons. The number of carbonyl (C=O) groups is 1. The number of hydrogen-bond donors (Lipinski definition) is 1. The summed E-state index contributed by atoms with van der Waals surface area (Å²) >= 11 is 0. The number of carbonyl (C=O) groups excluding carboxylic acids is 1. The van der Waals surface area contributed by atoms with Crippen molar-refractivity contribution in [1.29, 1.82) is 0 Å². The zero-order chi connectivity index (χ0) is 20.9. The molecule has 0 bridgehead atoms. The van der Waals surface area contributed by atoms with Gasteiger partial charge in [0.25, 0.3) is 0 Å². The van der Waals surface area contributed by atoms with Gasteiger partial charge in [0.05, 0.1) is 16.8 Å². The molecule has 0 saturated heterocycles. The molecule has 0 amide bonds. The maximum absolute atomic E-state index is 13.4. The molecule has 3 nitrogen and oxygen atoms in total. The number of hydrazine groups is 1. The highest BCUT2D eigenvalue weighted by Crippen LogP contribution is 2.58. The summed E-state index contributed by atoms with van der Waals surface area (Å²) in [6, 6.07) is 24.2. The number of benzene rings is 3. The minimum atomic E-state index is -0.663. The lowest BCUT2D eigenvalue weighted by molar-refractivity contribution is 0.103. The number of hydrogen-bond acceptors (Lipinski definition) is 3. The molecule has 0 unspecified atom stereocenters. The fourth-order valence-electron chi connectivity index (χ4n) is 5.06. The van der Waals surface area contributed by atoms with Crippen molar-refractivity contribution < 1.29 is 4.79 Å². The van der Waals surface area contributed by atoms with Crippen molar-refractivity contribution in [1.82, 2.24) is 0 Å². The monoisotopic (exact) mass is 390 g/mol. The Hall–Kier alpha value is -3.69. The molecule has 1 heterocycles. The third-order valence-corrected chi connectivity index (χ3v) is 6.19. The molecule has 0 aromatic heterocycles. The van der Waals surface area contributed by atoms with Gasteiger partial charge in [0, 0.05) is 11.1 Å². The maximum atomic E-state index is 13.4. The lowest BCUT2D eigenvalue weighted by Crippen LogP contribution is -2.44. The van der Waals surface area contributed by atoms with Crippen LogP contribution in [0.5, 0.6) is 0 Å². The molecule has 1 aliphatic carbocycles. The summed E-state index contributed by atoms with van der Waals surface area (Å²) in [5, 5.41) is 1.75. The number of rotatable bonds is 2. The molecule has 2 N–H and O–H groups in total. The van der Waals surface area contributed by atoms with Crippen molar-refractivity contribution in [3.05, 3.63) is 131 Å². The van der Waals surface area contributed by atoms with Crippen molar-refractivity contribution in [2.75, 3.05) is 5.01 Å². The first-order valence-corrected chi connectivity index (χ1v) is 10.0. The van der Waals surface area contributed by atoms with Gasteiger partial charge < -0.3 is 0 Å². The summed E-state index contributed by atoms with van der Waals surface area (Å²) in [5.74, 6) is 6.60. The van der Waals surface area contributed by atoms with E-state index in [-0.39, 0.29) is 5.78 Å². The fraction of sp³-hybridized carbons (Fsp3) is 0.0741. The number of anilines is 2. The second-order valence-corrected chi connectivity index (χ2v) is 7.56. The zero-order valence-electron chi connectivity index (χ0n) is 16.8. The van der Waals surface area contributed by atoms with Gasteiger partial charge in [0.1, 0.15) is 0 Å². The van der Waals surface area contributed by atoms with E-state index in [0.717, 1.165) is 33.6 Å². The lowest BCUT2D eigenvalue weighted by atomic mass is 9.57. The highest BCUT2D eigenvalue weighted by Gasteiger charge is 2.51. The van der Waals surface area contributed by atoms with Gasteiger partial charge in [0.15, 0.2) is 5.78 Å². The quantitative estimate of drug-likeness (QED) is 0.579. The summed E-state index contributed by atoms with van der Waals surface area (Å²) in [6.45, 7) is 5.97. The van der Waals surface area contributed by atoms with Gasteiger partial charge >= 0.3 is 0 Å². The fourth-order valence-corrected chi connectivity index (χ4v) is 5.06. The van der Waals surface area contributed by atoms with E-state index in [4.69, 9.17) is 5.84 Å². The van der Waals surface area contributed by atoms with Gasteiger partial charge in [0.2, 0.25) is 0 Å². The van der Waals surface area contributed by atoms with Crippen molar-refractivity contribution in [3.63, 3.8) is 0 Å². The van der Waals surface area contributed by atoms with E-state index in [9.17, 15) is 4.79 Å². The molecule has 2 aliphatic rings. The Balaban J connectivity index is 2.07. The van der Waals surface area contributed by atoms with Crippen LogP contribution in [0, 0.1) is 0 Å². The van der Waals surface area contributed by atoms with E-state index in [1.165, 1.54) is 0 Å². The third kappa shape index (κ3) is 2.15. The third-order valence-electron chi connectivity index (χ3n) is 6.19. The Morgan fingerprint density at radius 1 is 0.867 bits per heavy atom. The van der Waals surface area contributed by atoms with Crippen LogP contribution in [-0.2, 0) is 5.41 Å². The minimum absolute atomic E-state index is 0.00413. The number of ketones is 1. The highest BCUT2D eigenvalue weighted by molar-refractivity contribution is 6.15. The number of fused-ring (bicyclic) bond motifs is 6. The molecular weight excluding hydrogens is 368 g/mol. The van der Waals surface area contributed by atoms with E-state index < -0.39 is 5.41 Å². The Labute approximate surface area is 176 Å².